The summed E-state index contributed by atoms with van der Waals surface area (Å²) in [4.78, 5) is 12.9. The number of hydrogen-bond acceptors (Lipinski definition) is 2. The van der Waals surface area contributed by atoms with Crippen molar-refractivity contribution in [1.82, 2.24) is 10.6 Å². The number of rotatable bonds is 3. The molecule has 1 aromatic rings. The van der Waals surface area contributed by atoms with Gasteiger partial charge in [-0.2, -0.15) is 0 Å². The molecule has 0 radical (unpaired) electrons. The Morgan fingerprint density at radius 2 is 1.80 bits per heavy atom. The summed E-state index contributed by atoms with van der Waals surface area (Å²) in [5, 5.41) is 6.15. The fourth-order valence-electron chi connectivity index (χ4n) is 5.51. The molecule has 134 valence electrons. The summed E-state index contributed by atoms with van der Waals surface area (Å²) in [6, 6.07) is 4.92. The van der Waals surface area contributed by atoms with E-state index in [1.807, 2.05) is 0 Å². The van der Waals surface area contributed by atoms with Gasteiger partial charge in [-0.15, -0.1) is 0 Å². The van der Waals surface area contributed by atoms with E-state index in [0.717, 1.165) is 37.0 Å². The number of thiocarbonyl (C=S) groups is 1. The molecule has 4 saturated carbocycles. The van der Waals surface area contributed by atoms with Gasteiger partial charge in [-0.1, -0.05) is 22.0 Å². The predicted molar refractivity (Wildman–Crippen MR) is 102 cm³/mol. The van der Waals surface area contributed by atoms with Crippen molar-refractivity contribution in [3.63, 3.8) is 0 Å². The molecule has 0 atom stereocenters. The summed E-state index contributed by atoms with van der Waals surface area (Å²) in [5.41, 5.74) is 0.304. The van der Waals surface area contributed by atoms with E-state index in [2.05, 4.69) is 26.6 Å². The number of nitrogens with one attached hydrogen (secondary N) is 2. The van der Waals surface area contributed by atoms with Crippen LogP contribution in [0.15, 0.2) is 22.7 Å². The summed E-state index contributed by atoms with van der Waals surface area (Å²) < 4.78 is 14.6. The number of carbonyl (C=O) groups excluding carboxylic acids is 1. The van der Waals surface area contributed by atoms with E-state index in [1.54, 1.807) is 12.1 Å². The number of benzene rings is 1. The minimum Gasteiger partial charge on any atom is -0.358 e. The van der Waals surface area contributed by atoms with Crippen molar-refractivity contribution in [3.05, 3.63) is 34.1 Å². The van der Waals surface area contributed by atoms with Crippen LogP contribution in [0.4, 0.5) is 4.39 Å². The minimum atomic E-state index is -0.294. The molecule has 0 aliphatic heterocycles. The summed E-state index contributed by atoms with van der Waals surface area (Å²) >= 11 is 8.52. The first kappa shape index (κ1) is 17.4. The van der Waals surface area contributed by atoms with Crippen LogP contribution in [0.25, 0.3) is 0 Å². The average Bonchev–Trinajstić information content (AvgIpc) is 2.52. The van der Waals surface area contributed by atoms with Gasteiger partial charge in [0.15, 0.2) is 5.11 Å². The van der Waals surface area contributed by atoms with Crippen LogP contribution in [0.5, 0.6) is 0 Å². The van der Waals surface area contributed by atoms with Crippen molar-refractivity contribution in [2.45, 2.75) is 45.1 Å². The molecule has 0 saturated heterocycles. The maximum absolute atomic E-state index is 13.9. The van der Waals surface area contributed by atoms with Crippen molar-refractivity contribution in [2.24, 2.45) is 23.2 Å². The van der Waals surface area contributed by atoms with Gasteiger partial charge in [0.2, 0.25) is 5.91 Å². The molecule has 5 rings (SSSR count). The SMILES string of the molecule is O=C(NC(=S)NCc1ccc(Br)cc1F)C12CC3CC(CC(C3)C1)C2. The van der Waals surface area contributed by atoms with Crippen LogP contribution >= 0.6 is 28.1 Å². The molecule has 4 aliphatic carbocycles. The Kier molecular flexibility index (Phi) is 4.61. The van der Waals surface area contributed by atoms with Gasteiger partial charge in [0, 0.05) is 16.6 Å². The number of amides is 1. The third-order valence-corrected chi connectivity index (χ3v) is 6.94. The molecule has 4 fully saturated rings. The van der Waals surface area contributed by atoms with Gasteiger partial charge in [0.05, 0.1) is 5.41 Å². The van der Waals surface area contributed by atoms with Gasteiger partial charge < -0.3 is 10.6 Å². The van der Waals surface area contributed by atoms with Gasteiger partial charge in [0.1, 0.15) is 5.82 Å². The molecule has 3 nitrogen and oxygen atoms in total. The first-order valence-electron chi connectivity index (χ1n) is 8.97. The average molecular weight is 425 g/mol. The third-order valence-electron chi connectivity index (χ3n) is 6.20. The molecule has 0 aromatic heterocycles. The zero-order valence-electron chi connectivity index (χ0n) is 14.0. The zero-order chi connectivity index (χ0) is 17.6. The van der Waals surface area contributed by atoms with Crippen molar-refractivity contribution in [3.8, 4) is 0 Å². The van der Waals surface area contributed by atoms with E-state index in [-0.39, 0.29) is 23.7 Å². The monoisotopic (exact) mass is 424 g/mol. The molecule has 1 amide bonds. The van der Waals surface area contributed by atoms with Crippen molar-refractivity contribution < 1.29 is 9.18 Å². The van der Waals surface area contributed by atoms with Crippen molar-refractivity contribution >= 4 is 39.2 Å². The van der Waals surface area contributed by atoms with Crippen molar-refractivity contribution in [1.29, 1.82) is 0 Å². The molecule has 6 heteroatoms. The molecule has 2 N–H and O–H groups in total. The Balaban J connectivity index is 1.35. The second kappa shape index (κ2) is 6.62. The van der Waals surface area contributed by atoms with Crippen LogP contribution in [0.1, 0.15) is 44.1 Å². The van der Waals surface area contributed by atoms with E-state index in [9.17, 15) is 9.18 Å². The van der Waals surface area contributed by atoms with E-state index < -0.39 is 0 Å². The third kappa shape index (κ3) is 3.47. The van der Waals surface area contributed by atoms with Crippen molar-refractivity contribution in [2.75, 3.05) is 0 Å². The fraction of sp³-hybridized carbons (Fsp3) is 0.579. The van der Waals surface area contributed by atoms with E-state index in [4.69, 9.17) is 12.2 Å². The van der Waals surface area contributed by atoms with Gasteiger partial charge in [0.25, 0.3) is 0 Å². The Morgan fingerprint density at radius 1 is 1.20 bits per heavy atom. The highest BCUT2D eigenvalue weighted by atomic mass is 79.9. The normalized spacial score (nSPS) is 32.5. The van der Waals surface area contributed by atoms with Gasteiger partial charge in [-0.3, -0.25) is 4.79 Å². The highest BCUT2D eigenvalue weighted by Gasteiger charge is 2.54. The molecule has 0 spiro atoms. The summed E-state index contributed by atoms with van der Waals surface area (Å²) in [5.74, 6) is 1.93. The second-order valence-corrected chi connectivity index (χ2v) is 9.39. The maximum atomic E-state index is 13.9. The number of carbonyl (C=O) groups is 1. The fourth-order valence-corrected chi connectivity index (χ4v) is 6.01. The smallest absolute Gasteiger partial charge is 0.232 e. The summed E-state index contributed by atoms with van der Waals surface area (Å²) in [6.07, 6.45) is 6.94. The number of halogens is 2. The highest BCUT2D eigenvalue weighted by molar-refractivity contribution is 9.10. The molecule has 0 unspecified atom stereocenters. The van der Waals surface area contributed by atoms with E-state index in [1.165, 1.54) is 25.3 Å². The number of hydrogen-bond donors (Lipinski definition) is 2. The van der Waals surface area contributed by atoms with Gasteiger partial charge >= 0.3 is 0 Å². The first-order chi connectivity index (χ1) is 11.9. The lowest BCUT2D eigenvalue weighted by molar-refractivity contribution is -0.144. The van der Waals surface area contributed by atoms with Crippen LogP contribution in [-0.4, -0.2) is 11.0 Å². The lowest BCUT2D eigenvalue weighted by atomic mass is 9.49. The largest absolute Gasteiger partial charge is 0.358 e. The topological polar surface area (TPSA) is 41.1 Å². The quantitative estimate of drug-likeness (QED) is 0.710. The predicted octanol–water partition coefficient (Wildman–Crippen LogP) is 4.30. The molecule has 0 heterocycles. The van der Waals surface area contributed by atoms with Crippen LogP contribution in [0.2, 0.25) is 0 Å². The minimum absolute atomic E-state index is 0.0698. The Morgan fingerprint density at radius 3 is 2.36 bits per heavy atom. The first-order valence-corrected chi connectivity index (χ1v) is 10.2. The molecule has 4 aliphatic rings. The second-order valence-electron chi connectivity index (χ2n) is 8.07. The summed E-state index contributed by atoms with van der Waals surface area (Å²) in [6.45, 7) is 0.263. The van der Waals surface area contributed by atoms with E-state index in [0.29, 0.717) is 15.1 Å². The molecular weight excluding hydrogens is 403 g/mol. The zero-order valence-corrected chi connectivity index (χ0v) is 16.4. The molecule has 25 heavy (non-hydrogen) atoms. The maximum Gasteiger partial charge on any atom is 0.232 e. The van der Waals surface area contributed by atoms with Crippen LogP contribution < -0.4 is 10.6 Å². The molecule has 1 aromatic carbocycles. The van der Waals surface area contributed by atoms with Gasteiger partial charge in [-0.25, -0.2) is 4.39 Å². The Hall–Kier alpha value is -1.01. The molecular formula is C19H22BrFN2OS. The Labute approximate surface area is 161 Å². The van der Waals surface area contributed by atoms with E-state index >= 15 is 0 Å². The Bertz CT molecular complexity index is 688. The molecule has 4 bridgehead atoms. The van der Waals surface area contributed by atoms with Gasteiger partial charge in [-0.05, 0) is 80.6 Å². The highest BCUT2D eigenvalue weighted by Crippen LogP contribution is 2.60. The standard InChI is InChI=1S/C19H22BrFN2OS/c20-15-2-1-14(16(21)6-15)10-22-18(25)23-17(24)19-7-11-3-12(8-19)5-13(4-11)9-19/h1-2,6,11-13H,3-5,7-10H2,(H2,22,23,24,25). The van der Waals surface area contributed by atoms with Crippen LogP contribution in [0.3, 0.4) is 0 Å². The summed E-state index contributed by atoms with van der Waals surface area (Å²) in [7, 11) is 0. The lowest BCUT2D eigenvalue weighted by Crippen LogP contribution is -2.55. The lowest BCUT2D eigenvalue weighted by Gasteiger charge is -2.55. The van der Waals surface area contributed by atoms with Crippen LogP contribution in [-0.2, 0) is 11.3 Å². The van der Waals surface area contributed by atoms with Crippen LogP contribution in [0, 0.1) is 29.0 Å².